The molecule has 12 atom stereocenters. The van der Waals surface area contributed by atoms with Crippen LogP contribution in [-0.4, -0.2) is 55.1 Å². The highest BCUT2D eigenvalue weighted by Crippen LogP contribution is 2.75. The third-order valence-corrected chi connectivity index (χ3v) is 15.9. The molecule has 6 aliphatic rings. The summed E-state index contributed by atoms with van der Waals surface area (Å²) in [5, 5.41) is 11.0. The second-order valence-electron chi connectivity index (χ2n) is 18.2. The van der Waals surface area contributed by atoms with Crippen molar-refractivity contribution < 1.29 is 28.9 Å². The fourth-order valence-corrected chi connectivity index (χ4v) is 12.9. The lowest BCUT2D eigenvalue weighted by Gasteiger charge is -2.71. The number of carbonyl (C=O) groups is 2. The van der Waals surface area contributed by atoms with Crippen LogP contribution in [0.5, 0.6) is 0 Å². The molecule has 7 heteroatoms. The zero-order chi connectivity index (χ0) is 33.4. The first-order chi connectivity index (χ1) is 21.5. The van der Waals surface area contributed by atoms with E-state index < -0.39 is 11.9 Å². The van der Waals surface area contributed by atoms with Crippen molar-refractivity contribution in [3.8, 4) is 0 Å². The summed E-state index contributed by atoms with van der Waals surface area (Å²) in [5.41, 5.74) is 6.80. The van der Waals surface area contributed by atoms with Crippen molar-refractivity contribution in [1.82, 2.24) is 0 Å². The third-order valence-electron chi connectivity index (χ3n) is 15.9. The lowest BCUT2D eigenvalue weighted by atomic mass is 9.34. The van der Waals surface area contributed by atoms with Gasteiger partial charge >= 0.3 is 11.9 Å². The molecule has 260 valence electrons. The fraction of sp³-hybridized carbons (Fsp3) is 0.897. The molecule has 5 fully saturated rings. The van der Waals surface area contributed by atoms with Gasteiger partial charge in [0.2, 0.25) is 0 Å². The van der Waals surface area contributed by atoms with Gasteiger partial charge in [0, 0.05) is 23.8 Å². The summed E-state index contributed by atoms with van der Waals surface area (Å²) in [6.07, 6.45) is 12.1. The van der Waals surface area contributed by atoms with E-state index in [4.69, 9.17) is 19.9 Å². The van der Waals surface area contributed by atoms with Gasteiger partial charge in [-0.1, -0.05) is 73.0 Å². The highest BCUT2D eigenvalue weighted by Gasteiger charge is 2.72. The summed E-state index contributed by atoms with van der Waals surface area (Å²) in [6.45, 7) is 19.3. The molecule has 0 amide bonds. The van der Waals surface area contributed by atoms with Crippen LogP contribution >= 0.6 is 0 Å². The van der Waals surface area contributed by atoms with Gasteiger partial charge in [0.25, 0.3) is 0 Å². The van der Waals surface area contributed by atoms with Gasteiger partial charge in [0.15, 0.2) is 0 Å². The first-order valence-electron chi connectivity index (χ1n) is 18.6. The van der Waals surface area contributed by atoms with Crippen LogP contribution < -0.4 is 5.73 Å². The van der Waals surface area contributed by atoms with E-state index in [0.717, 1.165) is 32.1 Å². The number of esters is 1. The number of fused-ring (bicyclic) bond motifs is 3. The van der Waals surface area contributed by atoms with E-state index >= 15 is 0 Å². The maximum absolute atomic E-state index is 13.4. The molecule has 0 spiro atoms. The largest absolute Gasteiger partial charge is 0.481 e. The standard InChI is InChI=1S/C39H63NO6/c1-23(2)24(3)35(5)17-18-37(7)27-13-14-31-36(6)21-44-22-39(31,28(27)15-16-38(37,8)32(35)34(42)43)19-30(46-25(4)41)33(36)45-20-29(40)26-11-9-10-12-26/h15,23-24,26-27,29-33H,9-14,16-22,40H2,1-8H3,(H,42,43)/t24-,27+,29?,30-,31+,32-,33+,35-,36?,37-,38+,39+/m1/s1. The Balaban J connectivity index is 1.37. The topological polar surface area (TPSA) is 108 Å². The molecule has 7 nitrogen and oxygen atoms in total. The molecular weight excluding hydrogens is 578 g/mol. The highest BCUT2D eigenvalue weighted by molar-refractivity contribution is 5.73. The molecule has 0 radical (unpaired) electrons. The monoisotopic (exact) mass is 641 g/mol. The molecule has 0 aromatic carbocycles. The Morgan fingerprint density at radius 2 is 1.72 bits per heavy atom. The summed E-state index contributed by atoms with van der Waals surface area (Å²) < 4.78 is 19.6. The zero-order valence-electron chi connectivity index (χ0n) is 30.0. The Morgan fingerprint density at radius 3 is 2.35 bits per heavy atom. The van der Waals surface area contributed by atoms with Gasteiger partial charge < -0.3 is 25.1 Å². The second-order valence-corrected chi connectivity index (χ2v) is 18.2. The van der Waals surface area contributed by atoms with Crippen LogP contribution in [0.1, 0.15) is 120 Å². The van der Waals surface area contributed by atoms with Crippen LogP contribution in [0.4, 0.5) is 0 Å². The molecule has 4 saturated carbocycles. The van der Waals surface area contributed by atoms with E-state index in [1.165, 1.54) is 38.2 Å². The van der Waals surface area contributed by atoms with Crippen molar-refractivity contribution in [1.29, 1.82) is 0 Å². The van der Waals surface area contributed by atoms with Crippen molar-refractivity contribution in [3.05, 3.63) is 11.6 Å². The minimum atomic E-state index is -0.635. The molecule has 1 heterocycles. The Bertz CT molecular complexity index is 1230. The summed E-state index contributed by atoms with van der Waals surface area (Å²) in [5.74, 6) is 0.528. The van der Waals surface area contributed by atoms with Crippen molar-refractivity contribution in [3.63, 3.8) is 0 Å². The van der Waals surface area contributed by atoms with Crippen LogP contribution in [0.2, 0.25) is 0 Å². The number of ether oxygens (including phenoxy) is 3. The third kappa shape index (κ3) is 4.89. The average molecular weight is 642 g/mol. The van der Waals surface area contributed by atoms with Gasteiger partial charge in [0.1, 0.15) is 12.2 Å². The smallest absolute Gasteiger partial charge is 0.307 e. The molecule has 2 bridgehead atoms. The minimum absolute atomic E-state index is 0.00716. The van der Waals surface area contributed by atoms with Gasteiger partial charge in [0.05, 0.1) is 25.7 Å². The quantitative estimate of drug-likeness (QED) is 0.210. The number of carboxylic acid groups (broad SMARTS) is 1. The highest BCUT2D eigenvalue weighted by atomic mass is 16.6. The second kappa shape index (κ2) is 11.9. The predicted molar refractivity (Wildman–Crippen MR) is 179 cm³/mol. The Morgan fingerprint density at radius 1 is 1.02 bits per heavy atom. The van der Waals surface area contributed by atoms with Crippen molar-refractivity contribution in [2.24, 2.45) is 68.3 Å². The van der Waals surface area contributed by atoms with Gasteiger partial charge in [-0.15, -0.1) is 0 Å². The number of allylic oxidation sites excluding steroid dienone is 1. The Kier molecular flexibility index (Phi) is 8.88. The molecule has 1 saturated heterocycles. The van der Waals surface area contributed by atoms with E-state index in [1.807, 2.05) is 0 Å². The maximum Gasteiger partial charge on any atom is 0.307 e. The normalized spacial score (nSPS) is 46.8. The molecule has 46 heavy (non-hydrogen) atoms. The molecular formula is C39H63NO6. The van der Waals surface area contributed by atoms with Gasteiger partial charge in [-0.25, -0.2) is 0 Å². The van der Waals surface area contributed by atoms with Gasteiger partial charge in [-0.2, -0.15) is 0 Å². The molecule has 3 N–H and O–H groups in total. The summed E-state index contributed by atoms with van der Waals surface area (Å²) in [7, 11) is 0. The summed E-state index contributed by atoms with van der Waals surface area (Å²) in [6, 6.07) is -0.00716. The van der Waals surface area contributed by atoms with Crippen LogP contribution in [0, 0.1) is 62.6 Å². The molecule has 0 aromatic rings. The number of aliphatic carboxylic acids is 1. The molecule has 1 aliphatic heterocycles. The summed E-state index contributed by atoms with van der Waals surface area (Å²) in [4.78, 5) is 26.0. The minimum Gasteiger partial charge on any atom is -0.481 e. The Hall–Kier alpha value is -1.44. The van der Waals surface area contributed by atoms with Crippen LogP contribution in [-0.2, 0) is 23.8 Å². The molecule has 2 unspecified atom stereocenters. The first kappa shape index (κ1) is 34.4. The van der Waals surface area contributed by atoms with E-state index in [9.17, 15) is 14.7 Å². The molecule has 6 rings (SSSR count). The zero-order valence-corrected chi connectivity index (χ0v) is 30.0. The first-order valence-corrected chi connectivity index (χ1v) is 18.6. The lowest BCUT2D eigenvalue weighted by molar-refractivity contribution is -0.267. The number of carbonyl (C=O) groups excluding carboxylic acids is 1. The number of hydrogen-bond donors (Lipinski definition) is 2. The van der Waals surface area contributed by atoms with E-state index in [-0.39, 0.29) is 57.2 Å². The SMILES string of the molecule is CC(=O)O[C@@H]1C[C@@]23COCC(C)([C@H]1OCC(N)C1CCCC1)[C@@H]2CC[C@H]1C3=CC[C@@]2(C)[C@H](C(=O)O)[C@@](C)([C@H](C)C(C)C)CC[C@]12C. The average Bonchev–Trinajstić information content (AvgIpc) is 3.52. The van der Waals surface area contributed by atoms with Crippen LogP contribution in [0.25, 0.3) is 0 Å². The lowest BCUT2D eigenvalue weighted by Crippen LogP contribution is -2.70. The molecule has 5 aliphatic carbocycles. The maximum atomic E-state index is 13.4. The van der Waals surface area contributed by atoms with Gasteiger partial charge in [-0.3, -0.25) is 9.59 Å². The number of rotatable bonds is 8. The summed E-state index contributed by atoms with van der Waals surface area (Å²) >= 11 is 0. The number of carboxylic acids is 1. The van der Waals surface area contributed by atoms with Crippen molar-refractivity contribution >= 4 is 11.9 Å². The van der Waals surface area contributed by atoms with Gasteiger partial charge in [-0.05, 0) is 97.2 Å². The van der Waals surface area contributed by atoms with Crippen LogP contribution in [0.15, 0.2) is 11.6 Å². The van der Waals surface area contributed by atoms with E-state index in [0.29, 0.717) is 49.9 Å². The van der Waals surface area contributed by atoms with Crippen molar-refractivity contribution in [2.45, 2.75) is 138 Å². The fourth-order valence-electron chi connectivity index (χ4n) is 12.9. The number of nitrogens with two attached hydrogens (primary N) is 1. The molecule has 0 aromatic heterocycles. The number of hydrogen-bond acceptors (Lipinski definition) is 6. The van der Waals surface area contributed by atoms with Crippen molar-refractivity contribution in [2.75, 3.05) is 19.8 Å². The Labute approximate surface area is 278 Å². The van der Waals surface area contributed by atoms with E-state index in [1.54, 1.807) is 0 Å². The van der Waals surface area contributed by atoms with E-state index in [2.05, 4.69) is 54.5 Å². The van der Waals surface area contributed by atoms with Crippen LogP contribution in [0.3, 0.4) is 0 Å². The predicted octanol–water partition coefficient (Wildman–Crippen LogP) is 7.41.